The highest BCUT2D eigenvalue weighted by Crippen LogP contribution is 2.26. The van der Waals surface area contributed by atoms with Crippen molar-refractivity contribution >= 4 is 17.4 Å². The maximum Gasteiger partial charge on any atom is 0.167 e. The summed E-state index contributed by atoms with van der Waals surface area (Å²) in [5.41, 5.74) is 3.47. The van der Waals surface area contributed by atoms with Gasteiger partial charge in [0.25, 0.3) is 0 Å². The minimum atomic E-state index is 0.0270. The van der Waals surface area contributed by atoms with E-state index in [2.05, 4.69) is 5.10 Å². The zero-order valence-corrected chi connectivity index (χ0v) is 12.8. The van der Waals surface area contributed by atoms with E-state index in [1.54, 1.807) is 22.9 Å². The van der Waals surface area contributed by atoms with Crippen LogP contribution < -0.4 is 4.74 Å². The van der Waals surface area contributed by atoms with Gasteiger partial charge in [0.15, 0.2) is 5.78 Å². The van der Waals surface area contributed by atoms with Gasteiger partial charge in [-0.3, -0.25) is 9.48 Å². The largest absolute Gasteiger partial charge is 0.495 e. The first kappa shape index (κ1) is 14.6. The van der Waals surface area contributed by atoms with Crippen LogP contribution in [0.1, 0.15) is 27.3 Å². The maximum atomic E-state index is 12.4. The molecule has 0 saturated carbocycles. The summed E-state index contributed by atoms with van der Waals surface area (Å²) in [6.45, 7) is 3.88. The van der Waals surface area contributed by atoms with Crippen LogP contribution in [0.2, 0.25) is 5.02 Å². The minimum Gasteiger partial charge on any atom is -0.495 e. The van der Waals surface area contributed by atoms with Gasteiger partial charge >= 0.3 is 0 Å². The molecule has 4 nitrogen and oxygen atoms in total. The molecule has 0 saturated heterocycles. The van der Waals surface area contributed by atoms with Crippen molar-refractivity contribution in [2.45, 2.75) is 20.3 Å². The number of Topliss-reactive ketones (excluding diaryl/α,β-unsaturated/α-hetero) is 1. The number of ether oxygens (including phenoxy) is 1. The van der Waals surface area contributed by atoms with E-state index in [1.807, 2.05) is 20.9 Å². The number of methoxy groups -OCH3 is 1. The van der Waals surface area contributed by atoms with Crippen LogP contribution in [0.3, 0.4) is 0 Å². The van der Waals surface area contributed by atoms with Crippen LogP contribution in [0, 0.1) is 13.8 Å². The number of halogens is 1. The van der Waals surface area contributed by atoms with Crippen LogP contribution in [-0.4, -0.2) is 22.7 Å². The van der Waals surface area contributed by atoms with Crippen molar-refractivity contribution in [1.29, 1.82) is 0 Å². The number of benzene rings is 1. The highest BCUT2D eigenvalue weighted by Gasteiger charge is 2.16. The van der Waals surface area contributed by atoms with Gasteiger partial charge in [-0.05, 0) is 32.0 Å². The van der Waals surface area contributed by atoms with E-state index in [0.29, 0.717) is 22.8 Å². The van der Waals surface area contributed by atoms with Gasteiger partial charge in [0.05, 0.1) is 17.8 Å². The molecular weight excluding hydrogens is 276 g/mol. The van der Waals surface area contributed by atoms with E-state index in [-0.39, 0.29) is 5.78 Å². The van der Waals surface area contributed by atoms with Gasteiger partial charge in [0.1, 0.15) is 5.75 Å². The molecule has 0 N–H and O–H groups in total. The summed E-state index contributed by atoms with van der Waals surface area (Å²) in [5.74, 6) is 0.538. The average Bonchev–Trinajstić information content (AvgIpc) is 2.66. The van der Waals surface area contributed by atoms with Crippen molar-refractivity contribution in [2.24, 2.45) is 7.05 Å². The third-order valence-corrected chi connectivity index (χ3v) is 3.78. The van der Waals surface area contributed by atoms with Crippen LogP contribution in [0.25, 0.3) is 0 Å². The van der Waals surface area contributed by atoms with Gasteiger partial charge in [0.2, 0.25) is 0 Å². The summed E-state index contributed by atoms with van der Waals surface area (Å²) >= 11 is 5.97. The lowest BCUT2D eigenvalue weighted by molar-refractivity contribution is 0.0992. The summed E-state index contributed by atoms with van der Waals surface area (Å²) < 4.78 is 6.93. The van der Waals surface area contributed by atoms with Crippen molar-refractivity contribution < 1.29 is 9.53 Å². The molecular formula is C15H17ClN2O2. The Bertz CT molecular complexity index is 662. The summed E-state index contributed by atoms with van der Waals surface area (Å²) in [6, 6.07) is 5.07. The normalized spacial score (nSPS) is 10.7. The van der Waals surface area contributed by atoms with E-state index in [4.69, 9.17) is 16.3 Å². The Kier molecular flexibility index (Phi) is 4.14. The van der Waals surface area contributed by atoms with Crippen LogP contribution in [0.4, 0.5) is 0 Å². The molecule has 0 unspecified atom stereocenters. The monoisotopic (exact) mass is 292 g/mol. The molecule has 106 valence electrons. The molecule has 1 aromatic heterocycles. The molecule has 0 atom stereocenters. The number of carbonyl (C=O) groups excluding carboxylic acids is 1. The lowest BCUT2D eigenvalue weighted by Gasteiger charge is -2.06. The van der Waals surface area contributed by atoms with E-state index in [0.717, 1.165) is 17.0 Å². The Hall–Kier alpha value is -1.81. The lowest BCUT2D eigenvalue weighted by Crippen LogP contribution is -2.06. The first-order chi connectivity index (χ1) is 9.43. The Morgan fingerprint density at radius 3 is 2.65 bits per heavy atom. The molecule has 0 aliphatic heterocycles. The fourth-order valence-corrected chi connectivity index (χ4v) is 2.36. The Morgan fingerprint density at radius 2 is 2.10 bits per heavy atom. The standard InChI is InChI=1S/C15H17ClN2O2/c1-9-12(10(2)18(3)17-9)8-14(19)11-5-6-13(16)15(7-11)20-4/h5-7H,8H2,1-4H3. The van der Waals surface area contributed by atoms with Gasteiger partial charge in [-0.1, -0.05) is 11.6 Å². The third kappa shape index (κ3) is 2.70. The van der Waals surface area contributed by atoms with Crippen LogP contribution >= 0.6 is 11.6 Å². The zero-order chi connectivity index (χ0) is 14.9. The molecule has 0 spiro atoms. The fraction of sp³-hybridized carbons (Fsp3) is 0.333. The number of ketones is 1. The van der Waals surface area contributed by atoms with Crippen molar-refractivity contribution in [3.8, 4) is 5.75 Å². The Labute approximate surface area is 123 Å². The van der Waals surface area contributed by atoms with Gasteiger partial charge in [0, 0.05) is 30.3 Å². The molecule has 2 rings (SSSR count). The number of aromatic nitrogens is 2. The molecule has 20 heavy (non-hydrogen) atoms. The van der Waals surface area contributed by atoms with Crippen molar-refractivity contribution in [1.82, 2.24) is 9.78 Å². The average molecular weight is 293 g/mol. The Morgan fingerprint density at radius 1 is 1.40 bits per heavy atom. The van der Waals surface area contributed by atoms with Crippen molar-refractivity contribution in [2.75, 3.05) is 7.11 Å². The molecule has 5 heteroatoms. The maximum absolute atomic E-state index is 12.4. The van der Waals surface area contributed by atoms with E-state index in [1.165, 1.54) is 7.11 Å². The molecule has 0 radical (unpaired) electrons. The zero-order valence-electron chi connectivity index (χ0n) is 12.0. The molecule has 0 aliphatic carbocycles. The number of rotatable bonds is 4. The highest BCUT2D eigenvalue weighted by molar-refractivity contribution is 6.32. The number of hydrogen-bond acceptors (Lipinski definition) is 3. The third-order valence-electron chi connectivity index (χ3n) is 3.47. The van der Waals surface area contributed by atoms with Crippen LogP contribution in [0.15, 0.2) is 18.2 Å². The molecule has 0 fully saturated rings. The first-order valence-electron chi connectivity index (χ1n) is 6.30. The molecule has 0 amide bonds. The second kappa shape index (κ2) is 5.67. The summed E-state index contributed by atoms with van der Waals surface area (Å²) in [4.78, 5) is 12.4. The first-order valence-corrected chi connectivity index (χ1v) is 6.67. The number of carbonyl (C=O) groups is 1. The van der Waals surface area contributed by atoms with E-state index < -0.39 is 0 Å². The highest BCUT2D eigenvalue weighted by atomic mass is 35.5. The molecule has 0 bridgehead atoms. The summed E-state index contributed by atoms with van der Waals surface area (Å²) in [6.07, 6.45) is 0.330. The molecule has 1 aromatic carbocycles. The second-order valence-electron chi connectivity index (χ2n) is 4.72. The smallest absolute Gasteiger partial charge is 0.167 e. The summed E-state index contributed by atoms with van der Waals surface area (Å²) in [7, 11) is 3.41. The lowest BCUT2D eigenvalue weighted by atomic mass is 10.0. The van der Waals surface area contributed by atoms with Gasteiger partial charge in [-0.15, -0.1) is 0 Å². The molecule has 1 heterocycles. The molecule has 2 aromatic rings. The number of nitrogens with zero attached hydrogens (tertiary/aromatic N) is 2. The number of aryl methyl sites for hydroxylation is 2. The Balaban J connectivity index is 2.28. The summed E-state index contributed by atoms with van der Waals surface area (Å²) in [5, 5.41) is 4.82. The minimum absolute atomic E-state index is 0.0270. The SMILES string of the molecule is COc1cc(C(=O)Cc2c(C)nn(C)c2C)ccc1Cl. The van der Waals surface area contributed by atoms with Gasteiger partial charge in [-0.25, -0.2) is 0 Å². The van der Waals surface area contributed by atoms with Crippen molar-refractivity contribution in [3.05, 3.63) is 45.7 Å². The predicted molar refractivity (Wildman–Crippen MR) is 78.7 cm³/mol. The van der Waals surface area contributed by atoms with Crippen LogP contribution in [0.5, 0.6) is 5.75 Å². The predicted octanol–water partition coefficient (Wildman–Crippen LogP) is 3.12. The topological polar surface area (TPSA) is 44.1 Å². The quantitative estimate of drug-likeness (QED) is 0.813. The second-order valence-corrected chi connectivity index (χ2v) is 5.13. The number of hydrogen-bond donors (Lipinski definition) is 0. The van der Waals surface area contributed by atoms with E-state index >= 15 is 0 Å². The van der Waals surface area contributed by atoms with Gasteiger partial charge in [-0.2, -0.15) is 5.10 Å². The van der Waals surface area contributed by atoms with Crippen LogP contribution in [-0.2, 0) is 13.5 Å². The van der Waals surface area contributed by atoms with Gasteiger partial charge < -0.3 is 4.74 Å². The van der Waals surface area contributed by atoms with Crippen molar-refractivity contribution in [3.63, 3.8) is 0 Å². The van der Waals surface area contributed by atoms with E-state index in [9.17, 15) is 4.79 Å². The molecule has 0 aliphatic rings. The fourth-order valence-electron chi connectivity index (χ4n) is 2.17.